The van der Waals surface area contributed by atoms with Gasteiger partial charge in [0.05, 0.1) is 0 Å². The summed E-state index contributed by atoms with van der Waals surface area (Å²) in [6.07, 6.45) is 2.86. The van der Waals surface area contributed by atoms with Gasteiger partial charge in [-0.15, -0.1) is 0 Å². The first kappa shape index (κ1) is 32.5. The molecule has 2 rings (SSSR count). The number of ether oxygens (including phenoxy) is 2. The topological polar surface area (TPSA) is 67.9 Å². The number of carbonyl (C=O) groups is 2. The molecule has 2 amide bonds. The molecule has 6 nitrogen and oxygen atoms in total. The average Bonchev–Trinajstić information content (AvgIpc) is 2.75. The van der Waals surface area contributed by atoms with E-state index in [2.05, 4.69) is 23.4 Å². The number of hydrogen-bond donors (Lipinski definition) is 1. The van der Waals surface area contributed by atoms with Crippen molar-refractivity contribution in [1.29, 1.82) is 0 Å². The van der Waals surface area contributed by atoms with Crippen LogP contribution in [0.4, 0.5) is 9.59 Å². The van der Waals surface area contributed by atoms with Gasteiger partial charge in [-0.2, -0.15) is 0 Å². The maximum atomic E-state index is 11.7. The summed E-state index contributed by atoms with van der Waals surface area (Å²) in [5, 5.41) is 2.36. The molecule has 1 saturated heterocycles. The molecule has 1 aromatic carbocycles. The van der Waals surface area contributed by atoms with E-state index in [0.717, 1.165) is 31.5 Å². The Labute approximate surface area is 189 Å². The van der Waals surface area contributed by atoms with E-state index in [-0.39, 0.29) is 25.2 Å². The molecule has 0 aromatic heterocycles. The average molecular weight is 443 g/mol. The van der Waals surface area contributed by atoms with E-state index in [0.29, 0.717) is 6.61 Å². The molecule has 0 aliphatic carbocycles. The lowest BCUT2D eigenvalue weighted by molar-refractivity contribution is 0.0541. The van der Waals surface area contributed by atoms with Gasteiger partial charge in [0.25, 0.3) is 0 Å². The molecule has 7 heteroatoms. The van der Waals surface area contributed by atoms with Crippen molar-refractivity contribution in [3.8, 4) is 0 Å². The number of rotatable bonds is 2. The molecular formula is C23H42N2O4S. The Morgan fingerprint density at radius 2 is 1.57 bits per heavy atom. The third-order valence-corrected chi connectivity index (χ3v) is 3.42. The van der Waals surface area contributed by atoms with Crippen LogP contribution in [0, 0.1) is 0 Å². The van der Waals surface area contributed by atoms with Crippen LogP contribution in [0.2, 0.25) is 0 Å². The molecule has 30 heavy (non-hydrogen) atoms. The largest absolute Gasteiger partial charge is 0.445 e. The van der Waals surface area contributed by atoms with Crippen molar-refractivity contribution in [3.05, 3.63) is 35.9 Å². The number of thiocarbonyl (C=S) groups is 1. The molecule has 1 aromatic rings. The predicted octanol–water partition coefficient (Wildman–Crippen LogP) is 6.23. The Hall–Kier alpha value is -2.15. The summed E-state index contributed by atoms with van der Waals surface area (Å²) in [5.41, 5.74) is 0.646. The summed E-state index contributed by atoms with van der Waals surface area (Å²) in [7, 11) is 1.54. The number of amides is 2. The summed E-state index contributed by atoms with van der Waals surface area (Å²) >= 11 is 3.83. The van der Waals surface area contributed by atoms with Crippen LogP contribution >= 0.6 is 12.2 Å². The third-order valence-electron chi connectivity index (χ3n) is 3.42. The number of hydrogen-bond acceptors (Lipinski definition) is 5. The van der Waals surface area contributed by atoms with Crippen LogP contribution in [-0.2, 0) is 16.1 Å². The summed E-state index contributed by atoms with van der Waals surface area (Å²) in [5.74, 6) is 2.83. The van der Waals surface area contributed by atoms with Gasteiger partial charge in [0.2, 0.25) is 0 Å². The van der Waals surface area contributed by atoms with Gasteiger partial charge >= 0.3 is 12.2 Å². The van der Waals surface area contributed by atoms with Crippen molar-refractivity contribution in [1.82, 2.24) is 10.2 Å². The Bertz CT molecular complexity index is 542. The number of carbonyl (C=O) groups excluding carboxylic acids is 2. The van der Waals surface area contributed by atoms with Crippen LogP contribution in [0.25, 0.3) is 0 Å². The van der Waals surface area contributed by atoms with Gasteiger partial charge in [-0.05, 0) is 51.5 Å². The number of alkyl carbamates (subject to hydrolysis) is 1. The lowest BCUT2D eigenvalue weighted by atomic mass is 10.1. The summed E-state index contributed by atoms with van der Waals surface area (Å²) in [4.78, 5) is 24.0. The first-order valence-corrected chi connectivity index (χ1v) is 10.5. The zero-order valence-electron chi connectivity index (χ0n) is 18.8. The van der Waals surface area contributed by atoms with Gasteiger partial charge in [0.1, 0.15) is 12.2 Å². The Morgan fingerprint density at radius 1 is 1.07 bits per heavy atom. The summed E-state index contributed by atoms with van der Waals surface area (Å²) in [6, 6.07) is 9.77. The molecule has 174 valence electrons. The molecule has 0 spiro atoms. The van der Waals surface area contributed by atoms with Crippen LogP contribution < -0.4 is 5.32 Å². The van der Waals surface area contributed by atoms with Gasteiger partial charge in [0, 0.05) is 20.1 Å². The van der Waals surface area contributed by atoms with E-state index < -0.39 is 0 Å². The van der Waals surface area contributed by atoms with E-state index >= 15 is 0 Å². The van der Waals surface area contributed by atoms with Gasteiger partial charge in [0.15, 0.2) is 0 Å². The number of nitrogens with one attached hydrogen (secondary N) is 1. The molecule has 1 N–H and O–H groups in total. The number of benzene rings is 1. The highest BCUT2D eigenvalue weighted by molar-refractivity contribution is 7.77. The Morgan fingerprint density at radius 3 is 1.97 bits per heavy atom. The van der Waals surface area contributed by atoms with E-state index in [1.165, 1.54) is 13.5 Å². The molecular weight excluding hydrogens is 400 g/mol. The van der Waals surface area contributed by atoms with E-state index in [1.54, 1.807) is 4.90 Å². The van der Waals surface area contributed by atoms with Crippen molar-refractivity contribution < 1.29 is 19.1 Å². The van der Waals surface area contributed by atoms with Crippen LogP contribution in [-0.4, -0.2) is 48.7 Å². The SMILES string of the molecule is C.C=S.CC.CNC(=O)OC(C)(C)C.O=C(OCc1ccccc1)N1CCCCC1. The van der Waals surface area contributed by atoms with E-state index in [1.807, 2.05) is 65.0 Å². The molecule has 1 aliphatic heterocycles. The second-order valence-corrected chi connectivity index (χ2v) is 6.84. The molecule has 0 unspecified atom stereocenters. The maximum Gasteiger partial charge on any atom is 0.410 e. The van der Waals surface area contributed by atoms with Gasteiger partial charge in [-0.25, -0.2) is 9.59 Å². The maximum absolute atomic E-state index is 11.7. The zero-order chi connectivity index (χ0) is 22.7. The fraction of sp³-hybridized carbons (Fsp3) is 0.609. The van der Waals surface area contributed by atoms with Crippen molar-refractivity contribution in [2.24, 2.45) is 0 Å². The van der Waals surface area contributed by atoms with Crippen LogP contribution in [0.1, 0.15) is 66.9 Å². The fourth-order valence-corrected chi connectivity index (χ4v) is 2.22. The highest BCUT2D eigenvalue weighted by atomic mass is 32.1. The summed E-state index contributed by atoms with van der Waals surface area (Å²) < 4.78 is 10.1. The fourth-order valence-electron chi connectivity index (χ4n) is 2.22. The van der Waals surface area contributed by atoms with E-state index in [4.69, 9.17) is 9.47 Å². The Balaban J connectivity index is -0.000000450. The normalized spacial score (nSPS) is 12.0. The molecule has 1 fully saturated rings. The van der Waals surface area contributed by atoms with Crippen LogP contribution in [0.15, 0.2) is 30.3 Å². The monoisotopic (exact) mass is 442 g/mol. The molecule has 0 atom stereocenters. The van der Waals surface area contributed by atoms with Crippen molar-refractivity contribution in [2.45, 2.75) is 73.5 Å². The first-order valence-electron chi connectivity index (χ1n) is 9.97. The minimum Gasteiger partial charge on any atom is -0.445 e. The first-order chi connectivity index (χ1) is 13.8. The Kier molecular flexibility index (Phi) is 21.8. The van der Waals surface area contributed by atoms with Crippen LogP contribution in [0.5, 0.6) is 0 Å². The number of nitrogens with zero attached hydrogens (tertiary/aromatic N) is 1. The lowest BCUT2D eigenvalue weighted by Gasteiger charge is -2.25. The van der Waals surface area contributed by atoms with Gasteiger partial charge < -0.3 is 19.7 Å². The zero-order valence-corrected chi connectivity index (χ0v) is 19.6. The molecule has 0 saturated carbocycles. The molecule has 0 bridgehead atoms. The minimum atomic E-state index is -0.389. The van der Waals surface area contributed by atoms with Gasteiger partial charge in [-0.3, -0.25) is 0 Å². The highest BCUT2D eigenvalue weighted by Crippen LogP contribution is 2.11. The third kappa shape index (κ3) is 17.9. The molecule has 1 aliphatic rings. The van der Waals surface area contributed by atoms with Crippen molar-refractivity contribution >= 4 is 30.3 Å². The lowest BCUT2D eigenvalue weighted by Crippen LogP contribution is -2.35. The quantitative estimate of drug-likeness (QED) is 0.550. The highest BCUT2D eigenvalue weighted by Gasteiger charge is 2.17. The molecule has 0 radical (unpaired) electrons. The van der Waals surface area contributed by atoms with Crippen LogP contribution in [0.3, 0.4) is 0 Å². The standard InChI is InChI=1S/C13H17NO2.C6H13NO2.C2H6.CH2S.CH4/c15-13(14-9-5-2-6-10-14)16-11-12-7-3-1-4-8-12;1-6(2,3)9-5(8)7-4;2*1-2;/h1,3-4,7-8H,2,5-6,9-11H2;1-4H3,(H,7,8);1-2H3;1H2;1H4. The van der Waals surface area contributed by atoms with Crippen molar-refractivity contribution in [3.63, 3.8) is 0 Å². The second kappa shape index (κ2) is 20.1. The number of piperidine rings is 1. The smallest absolute Gasteiger partial charge is 0.410 e. The summed E-state index contributed by atoms with van der Waals surface area (Å²) in [6.45, 7) is 11.5. The van der Waals surface area contributed by atoms with Gasteiger partial charge in [-0.1, -0.05) is 63.8 Å². The number of likely N-dealkylation sites (tertiary alicyclic amines) is 1. The second-order valence-electron chi connectivity index (χ2n) is 6.84. The minimum absolute atomic E-state index is 0. The predicted molar refractivity (Wildman–Crippen MR) is 130 cm³/mol. The van der Waals surface area contributed by atoms with E-state index in [9.17, 15) is 9.59 Å². The molecule has 1 heterocycles. The van der Waals surface area contributed by atoms with Crippen molar-refractivity contribution in [2.75, 3.05) is 20.1 Å².